The average molecular weight is 293 g/mol. The van der Waals surface area contributed by atoms with Crippen molar-refractivity contribution in [2.75, 3.05) is 27.3 Å². The molecule has 1 saturated heterocycles. The highest BCUT2D eigenvalue weighted by molar-refractivity contribution is 5.67. The van der Waals surface area contributed by atoms with Crippen molar-refractivity contribution in [3.05, 3.63) is 23.8 Å². The van der Waals surface area contributed by atoms with E-state index in [1.807, 2.05) is 18.2 Å². The van der Waals surface area contributed by atoms with Crippen LogP contribution in [0.25, 0.3) is 0 Å². The molecule has 2 rings (SSSR count). The molecule has 0 radical (unpaired) electrons. The van der Waals surface area contributed by atoms with Crippen molar-refractivity contribution in [3.63, 3.8) is 0 Å². The Morgan fingerprint density at radius 1 is 1.24 bits per heavy atom. The molecule has 0 atom stereocenters. The van der Waals surface area contributed by atoms with Crippen LogP contribution in [0.4, 0.5) is 0 Å². The van der Waals surface area contributed by atoms with Crippen LogP contribution < -0.4 is 9.47 Å². The van der Waals surface area contributed by atoms with E-state index in [1.165, 1.54) is 5.56 Å². The Labute approximate surface area is 125 Å². The van der Waals surface area contributed by atoms with Crippen LogP contribution in [0.3, 0.4) is 0 Å². The predicted molar refractivity (Wildman–Crippen MR) is 79.8 cm³/mol. The maximum atomic E-state index is 10.7. The van der Waals surface area contributed by atoms with E-state index in [1.54, 1.807) is 14.2 Å². The number of piperidine rings is 1. The second-order valence-corrected chi connectivity index (χ2v) is 5.51. The van der Waals surface area contributed by atoms with Gasteiger partial charge in [-0.15, -0.1) is 0 Å². The van der Waals surface area contributed by atoms with Crippen molar-refractivity contribution in [1.29, 1.82) is 0 Å². The summed E-state index contributed by atoms with van der Waals surface area (Å²) in [5.74, 6) is 1.12. The van der Waals surface area contributed by atoms with E-state index in [0.717, 1.165) is 44.0 Å². The molecule has 1 N–H and O–H groups in total. The highest BCUT2D eigenvalue weighted by Gasteiger charge is 2.21. The minimum atomic E-state index is -0.687. The molecule has 5 heteroatoms. The van der Waals surface area contributed by atoms with E-state index in [4.69, 9.17) is 14.6 Å². The largest absolute Gasteiger partial charge is 0.493 e. The predicted octanol–water partition coefficient (Wildman–Crippen LogP) is 2.39. The molecule has 0 bridgehead atoms. The standard InChI is InChI=1S/C16H23NO4/c1-20-14-4-3-13(9-15(14)21-2)11-17-7-5-12(6-8-17)10-16(18)19/h3-4,9,12H,5-8,10-11H2,1-2H3,(H,18,19). The van der Waals surface area contributed by atoms with E-state index in [-0.39, 0.29) is 0 Å². The zero-order valence-electron chi connectivity index (χ0n) is 12.7. The van der Waals surface area contributed by atoms with Gasteiger partial charge in [-0.25, -0.2) is 0 Å². The molecule has 0 aromatic heterocycles. The zero-order chi connectivity index (χ0) is 15.2. The summed E-state index contributed by atoms with van der Waals surface area (Å²) >= 11 is 0. The van der Waals surface area contributed by atoms with Crippen molar-refractivity contribution in [2.24, 2.45) is 5.92 Å². The quantitative estimate of drug-likeness (QED) is 0.872. The Morgan fingerprint density at radius 2 is 1.90 bits per heavy atom. The van der Waals surface area contributed by atoms with Gasteiger partial charge in [0.25, 0.3) is 0 Å². The average Bonchev–Trinajstić information content (AvgIpc) is 2.48. The van der Waals surface area contributed by atoms with E-state index >= 15 is 0 Å². The van der Waals surface area contributed by atoms with Gasteiger partial charge in [-0.2, -0.15) is 0 Å². The molecule has 0 unspecified atom stereocenters. The lowest BCUT2D eigenvalue weighted by molar-refractivity contribution is -0.138. The van der Waals surface area contributed by atoms with E-state index in [9.17, 15) is 4.79 Å². The lowest BCUT2D eigenvalue weighted by atomic mass is 9.93. The molecule has 1 heterocycles. The number of hydrogen-bond acceptors (Lipinski definition) is 4. The van der Waals surface area contributed by atoms with Gasteiger partial charge in [-0.05, 0) is 49.5 Å². The summed E-state index contributed by atoms with van der Waals surface area (Å²) in [6.45, 7) is 2.76. The molecule has 21 heavy (non-hydrogen) atoms. The van der Waals surface area contributed by atoms with Crippen LogP contribution in [-0.2, 0) is 11.3 Å². The van der Waals surface area contributed by atoms with Crippen LogP contribution in [0, 0.1) is 5.92 Å². The molecule has 0 aliphatic carbocycles. The normalized spacial score (nSPS) is 16.7. The third kappa shape index (κ3) is 4.36. The number of rotatable bonds is 6. The molecule has 1 fully saturated rings. The number of carbonyl (C=O) groups is 1. The van der Waals surface area contributed by atoms with Crippen LogP contribution in [-0.4, -0.2) is 43.3 Å². The van der Waals surface area contributed by atoms with Crippen molar-refractivity contribution in [2.45, 2.75) is 25.8 Å². The van der Waals surface area contributed by atoms with Crippen molar-refractivity contribution in [3.8, 4) is 11.5 Å². The molecule has 5 nitrogen and oxygen atoms in total. The van der Waals surface area contributed by atoms with Gasteiger partial charge in [0.1, 0.15) is 0 Å². The van der Waals surface area contributed by atoms with Crippen LogP contribution in [0.15, 0.2) is 18.2 Å². The van der Waals surface area contributed by atoms with Gasteiger partial charge >= 0.3 is 5.97 Å². The highest BCUT2D eigenvalue weighted by Crippen LogP contribution is 2.29. The first-order chi connectivity index (χ1) is 10.1. The number of aliphatic carboxylic acids is 1. The Kier molecular flexibility index (Phi) is 5.44. The van der Waals surface area contributed by atoms with E-state index in [0.29, 0.717) is 12.3 Å². The first kappa shape index (κ1) is 15.6. The summed E-state index contributed by atoms with van der Waals surface area (Å²) in [6, 6.07) is 5.97. The summed E-state index contributed by atoms with van der Waals surface area (Å²) in [5.41, 5.74) is 1.18. The lowest BCUT2D eigenvalue weighted by Crippen LogP contribution is -2.33. The number of methoxy groups -OCH3 is 2. The SMILES string of the molecule is COc1ccc(CN2CCC(CC(=O)O)CC2)cc1OC. The highest BCUT2D eigenvalue weighted by atomic mass is 16.5. The van der Waals surface area contributed by atoms with Gasteiger partial charge in [-0.3, -0.25) is 9.69 Å². The van der Waals surface area contributed by atoms with E-state index < -0.39 is 5.97 Å². The second kappa shape index (κ2) is 7.31. The first-order valence-electron chi connectivity index (χ1n) is 7.27. The number of likely N-dealkylation sites (tertiary alicyclic amines) is 1. The summed E-state index contributed by atoms with van der Waals surface area (Å²) < 4.78 is 10.6. The summed E-state index contributed by atoms with van der Waals surface area (Å²) in [6.07, 6.45) is 2.21. The number of carboxylic acid groups (broad SMARTS) is 1. The van der Waals surface area contributed by atoms with E-state index in [2.05, 4.69) is 4.90 Å². The summed E-state index contributed by atoms with van der Waals surface area (Å²) in [5, 5.41) is 8.83. The number of carboxylic acids is 1. The van der Waals surface area contributed by atoms with Crippen molar-refractivity contribution >= 4 is 5.97 Å². The first-order valence-corrected chi connectivity index (χ1v) is 7.27. The summed E-state index contributed by atoms with van der Waals surface area (Å²) in [7, 11) is 3.27. The minimum absolute atomic E-state index is 0.296. The molecule has 0 saturated carbocycles. The third-order valence-electron chi connectivity index (χ3n) is 4.02. The maximum Gasteiger partial charge on any atom is 0.303 e. The lowest BCUT2D eigenvalue weighted by Gasteiger charge is -2.31. The Morgan fingerprint density at radius 3 is 2.48 bits per heavy atom. The number of ether oxygens (including phenoxy) is 2. The molecule has 1 aliphatic heterocycles. The van der Waals surface area contributed by atoms with Gasteiger partial charge in [0.15, 0.2) is 11.5 Å². The fourth-order valence-corrected chi connectivity index (χ4v) is 2.83. The van der Waals surface area contributed by atoms with Crippen LogP contribution in [0.5, 0.6) is 11.5 Å². The fraction of sp³-hybridized carbons (Fsp3) is 0.562. The number of hydrogen-bond donors (Lipinski definition) is 1. The second-order valence-electron chi connectivity index (χ2n) is 5.51. The molecule has 0 amide bonds. The van der Waals surface area contributed by atoms with Crippen LogP contribution >= 0.6 is 0 Å². The van der Waals surface area contributed by atoms with Gasteiger partial charge in [0.05, 0.1) is 14.2 Å². The van der Waals surface area contributed by atoms with Gasteiger partial charge in [0.2, 0.25) is 0 Å². The van der Waals surface area contributed by atoms with Gasteiger partial charge in [-0.1, -0.05) is 6.07 Å². The molecule has 116 valence electrons. The molecule has 1 aromatic carbocycles. The Hall–Kier alpha value is -1.75. The summed E-state index contributed by atoms with van der Waals surface area (Å²) in [4.78, 5) is 13.1. The van der Waals surface area contributed by atoms with Crippen molar-refractivity contribution in [1.82, 2.24) is 4.90 Å². The smallest absolute Gasteiger partial charge is 0.303 e. The Bertz CT molecular complexity index is 481. The topological polar surface area (TPSA) is 59.0 Å². The zero-order valence-corrected chi connectivity index (χ0v) is 12.7. The number of benzene rings is 1. The monoisotopic (exact) mass is 293 g/mol. The van der Waals surface area contributed by atoms with Crippen LogP contribution in [0.1, 0.15) is 24.8 Å². The molecule has 0 spiro atoms. The molecule has 1 aromatic rings. The molecular formula is C16H23NO4. The maximum absolute atomic E-state index is 10.7. The Balaban J connectivity index is 1.90. The fourth-order valence-electron chi connectivity index (χ4n) is 2.83. The van der Waals surface area contributed by atoms with Gasteiger partial charge in [0, 0.05) is 13.0 Å². The van der Waals surface area contributed by atoms with Crippen LogP contribution in [0.2, 0.25) is 0 Å². The van der Waals surface area contributed by atoms with Gasteiger partial charge < -0.3 is 14.6 Å². The molecular weight excluding hydrogens is 270 g/mol. The third-order valence-corrected chi connectivity index (χ3v) is 4.02. The van der Waals surface area contributed by atoms with Crippen molar-refractivity contribution < 1.29 is 19.4 Å². The molecule has 1 aliphatic rings. The minimum Gasteiger partial charge on any atom is -0.493 e. The number of nitrogens with zero attached hydrogens (tertiary/aromatic N) is 1.